The summed E-state index contributed by atoms with van der Waals surface area (Å²) in [5.41, 5.74) is 1.19. The van der Waals surface area contributed by atoms with Crippen LogP contribution in [0.3, 0.4) is 0 Å². The molecule has 0 fully saturated rings. The molecule has 0 atom stereocenters. The van der Waals surface area contributed by atoms with Crippen LogP contribution in [0.1, 0.15) is 5.56 Å². The van der Waals surface area contributed by atoms with Gasteiger partial charge in [0.1, 0.15) is 0 Å². The van der Waals surface area contributed by atoms with Crippen LogP contribution in [0, 0.1) is 0 Å². The molecule has 1 aromatic rings. The minimum absolute atomic E-state index is 0. The van der Waals surface area contributed by atoms with Crippen LogP contribution in [0.15, 0.2) is 22.7 Å². The zero-order valence-electron chi connectivity index (χ0n) is 6.60. The van der Waals surface area contributed by atoms with E-state index < -0.39 is 0 Å². The highest BCUT2D eigenvalue weighted by atomic mass is 79.9. The van der Waals surface area contributed by atoms with Gasteiger partial charge in [0.2, 0.25) is 0 Å². The van der Waals surface area contributed by atoms with Gasteiger partial charge in [-0.1, -0.05) is 27.5 Å². The lowest BCUT2D eigenvalue weighted by Crippen LogP contribution is -2.04. The van der Waals surface area contributed by atoms with Crippen LogP contribution < -0.4 is 5.32 Å². The number of hydrogen-bond donors (Lipinski definition) is 1. The molecule has 68 valence electrons. The van der Waals surface area contributed by atoms with Gasteiger partial charge < -0.3 is 5.32 Å². The Morgan fingerprint density at radius 1 is 1.42 bits per heavy atom. The van der Waals surface area contributed by atoms with Crippen molar-refractivity contribution in [3.63, 3.8) is 0 Å². The minimum Gasteiger partial charge on any atom is -0.316 e. The minimum atomic E-state index is 0. The van der Waals surface area contributed by atoms with Gasteiger partial charge in [-0.05, 0) is 30.8 Å². The van der Waals surface area contributed by atoms with Crippen molar-refractivity contribution in [2.24, 2.45) is 0 Å². The monoisotopic (exact) mass is 269 g/mol. The third-order valence-corrected chi connectivity index (χ3v) is 1.98. The van der Waals surface area contributed by atoms with Gasteiger partial charge in [-0.3, -0.25) is 0 Å². The summed E-state index contributed by atoms with van der Waals surface area (Å²) in [5, 5.41) is 3.83. The van der Waals surface area contributed by atoms with E-state index in [0.29, 0.717) is 0 Å². The van der Waals surface area contributed by atoms with E-state index >= 15 is 0 Å². The van der Waals surface area contributed by atoms with E-state index in [1.54, 1.807) is 0 Å². The van der Waals surface area contributed by atoms with Crippen LogP contribution in [0.5, 0.6) is 0 Å². The predicted octanol–water partition coefficient (Wildman–Crippen LogP) is 3.24. The molecule has 0 unspecified atom stereocenters. The number of halogens is 3. The highest BCUT2D eigenvalue weighted by molar-refractivity contribution is 9.10. The van der Waals surface area contributed by atoms with Crippen LogP contribution in [-0.4, -0.2) is 7.05 Å². The Labute approximate surface area is 92.0 Å². The van der Waals surface area contributed by atoms with Crippen LogP contribution in [0.25, 0.3) is 0 Å². The van der Waals surface area contributed by atoms with Crippen LogP contribution >= 0.6 is 39.9 Å². The van der Waals surface area contributed by atoms with E-state index in [4.69, 9.17) is 11.6 Å². The molecule has 1 rings (SSSR count). The van der Waals surface area contributed by atoms with Crippen LogP contribution in [0.4, 0.5) is 0 Å². The first kappa shape index (κ1) is 12.2. The molecule has 0 aliphatic rings. The first-order chi connectivity index (χ1) is 5.22. The quantitative estimate of drug-likeness (QED) is 0.870. The lowest BCUT2D eigenvalue weighted by atomic mass is 10.2. The average molecular weight is 271 g/mol. The number of benzene rings is 1. The Morgan fingerprint density at radius 3 is 2.58 bits per heavy atom. The van der Waals surface area contributed by atoms with Gasteiger partial charge in [0.25, 0.3) is 0 Å². The molecule has 0 aliphatic carbocycles. The highest BCUT2D eigenvalue weighted by Gasteiger charge is 1.95. The fourth-order valence-electron chi connectivity index (χ4n) is 0.917. The van der Waals surface area contributed by atoms with Gasteiger partial charge in [-0.2, -0.15) is 0 Å². The summed E-state index contributed by atoms with van der Waals surface area (Å²) in [4.78, 5) is 0. The molecular weight excluding hydrogens is 261 g/mol. The van der Waals surface area contributed by atoms with Gasteiger partial charge >= 0.3 is 0 Å². The normalized spacial score (nSPS) is 9.25. The van der Waals surface area contributed by atoms with Gasteiger partial charge in [0.05, 0.1) is 0 Å². The Bertz CT molecular complexity index is 233. The van der Waals surface area contributed by atoms with Crippen molar-refractivity contribution in [3.05, 3.63) is 33.3 Å². The van der Waals surface area contributed by atoms with E-state index in [9.17, 15) is 0 Å². The largest absolute Gasteiger partial charge is 0.316 e. The predicted molar refractivity (Wildman–Crippen MR) is 59.2 cm³/mol. The second-order valence-electron chi connectivity index (χ2n) is 2.31. The van der Waals surface area contributed by atoms with Crippen molar-refractivity contribution >= 4 is 39.9 Å². The van der Waals surface area contributed by atoms with Crippen molar-refractivity contribution in [1.29, 1.82) is 0 Å². The average Bonchev–Trinajstić information content (AvgIpc) is 1.85. The molecule has 0 spiro atoms. The molecule has 1 N–H and O–H groups in total. The molecule has 0 saturated heterocycles. The summed E-state index contributed by atoms with van der Waals surface area (Å²) >= 11 is 9.20. The van der Waals surface area contributed by atoms with Crippen molar-refractivity contribution in [1.82, 2.24) is 5.32 Å². The summed E-state index contributed by atoms with van der Waals surface area (Å²) < 4.78 is 1.02. The molecule has 4 heteroatoms. The van der Waals surface area contributed by atoms with E-state index in [0.717, 1.165) is 16.0 Å². The van der Waals surface area contributed by atoms with Crippen molar-refractivity contribution < 1.29 is 0 Å². The van der Waals surface area contributed by atoms with Gasteiger partial charge in [-0.15, -0.1) is 12.4 Å². The first-order valence-electron chi connectivity index (χ1n) is 3.32. The Kier molecular flexibility index (Phi) is 5.93. The molecule has 0 amide bonds. The van der Waals surface area contributed by atoms with Crippen molar-refractivity contribution in [3.8, 4) is 0 Å². The lowest BCUT2D eigenvalue weighted by molar-refractivity contribution is 0.817. The second-order valence-corrected chi connectivity index (χ2v) is 3.66. The Morgan fingerprint density at radius 2 is 2.08 bits per heavy atom. The second kappa shape index (κ2) is 5.81. The van der Waals surface area contributed by atoms with Gasteiger partial charge in [0, 0.05) is 16.0 Å². The Balaban J connectivity index is 0.00000121. The molecule has 0 aromatic heterocycles. The number of rotatable bonds is 2. The molecule has 12 heavy (non-hydrogen) atoms. The third-order valence-electron chi connectivity index (χ3n) is 1.30. The zero-order chi connectivity index (χ0) is 8.27. The SMILES string of the molecule is CNCc1cc(Cl)cc(Br)c1.Cl. The maximum Gasteiger partial charge on any atom is 0.0420 e. The summed E-state index contributed by atoms with van der Waals surface area (Å²) in [5.74, 6) is 0. The number of hydrogen-bond acceptors (Lipinski definition) is 1. The zero-order valence-corrected chi connectivity index (χ0v) is 9.76. The van der Waals surface area contributed by atoms with E-state index in [-0.39, 0.29) is 12.4 Å². The fraction of sp³-hybridized carbons (Fsp3) is 0.250. The molecule has 1 nitrogen and oxygen atoms in total. The van der Waals surface area contributed by atoms with Crippen molar-refractivity contribution in [2.45, 2.75) is 6.54 Å². The Hall–Kier alpha value is 0.240. The molecule has 0 radical (unpaired) electrons. The van der Waals surface area contributed by atoms with Crippen molar-refractivity contribution in [2.75, 3.05) is 7.05 Å². The first-order valence-corrected chi connectivity index (χ1v) is 4.49. The molecule has 0 saturated carbocycles. The molecule has 0 heterocycles. The molecule has 0 bridgehead atoms. The van der Waals surface area contributed by atoms with Gasteiger partial charge in [0.15, 0.2) is 0 Å². The van der Waals surface area contributed by atoms with Crippen LogP contribution in [-0.2, 0) is 6.54 Å². The lowest BCUT2D eigenvalue weighted by Gasteiger charge is -2.01. The highest BCUT2D eigenvalue weighted by Crippen LogP contribution is 2.19. The van der Waals surface area contributed by atoms with Gasteiger partial charge in [-0.25, -0.2) is 0 Å². The summed E-state index contributed by atoms with van der Waals surface area (Å²) in [6.45, 7) is 0.846. The van der Waals surface area contributed by atoms with E-state index in [1.807, 2.05) is 25.2 Å². The topological polar surface area (TPSA) is 12.0 Å². The molecule has 1 aromatic carbocycles. The third kappa shape index (κ3) is 3.76. The molecular formula is C8H10BrCl2N. The fourth-order valence-corrected chi connectivity index (χ4v) is 1.85. The molecule has 0 aliphatic heterocycles. The summed E-state index contributed by atoms with van der Waals surface area (Å²) in [6.07, 6.45) is 0. The summed E-state index contributed by atoms with van der Waals surface area (Å²) in [6, 6.07) is 5.87. The summed E-state index contributed by atoms with van der Waals surface area (Å²) in [7, 11) is 1.91. The number of nitrogens with one attached hydrogen (secondary N) is 1. The maximum absolute atomic E-state index is 5.83. The van der Waals surface area contributed by atoms with Crippen LogP contribution in [0.2, 0.25) is 5.02 Å². The van der Waals surface area contributed by atoms with E-state index in [2.05, 4.69) is 21.2 Å². The standard InChI is InChI=1S/C8H9BrClN.ClH/c1-11-5-6-2-7(9)4-8(10)3-6;/h2-4,11H,5H2,1H3;1H. The van der Waals surface area contributed by atoms with E-state index in [1.165, 1.54) is 5.56 Å². The smallest absolute Gasteiger partial charge is 0.0420 e. The maximum atomic E-state index is 5.83.